The van der Waals surface area contributed by atoms with Gasteiger partial charge in [-0.25, -0.2) is 14.4 Å². The maximum Gasteiger partial charge on any atom is 0.154 e. The number of hydrogen-bond donors (Lipinski definition) is 1. The average Bonchev–Trinajstić information content (AvgIpc) is 3.14. The van der Waals surface area contributed by atoms with Crippen molar-refractivity contribution in [1.29, 1.82) is 0 Å². The number of nitrogen functional groups attached to an aromatic ring is 1. The van der Waals surface area contributed by atoms with E-state index in [1.165, 1.54) is 12.5 Å². The highest BCUT2D eigenvalue weighted by Gasteiger charge is 2.29. The van der Waals surface area contributed by atoms with Crippen LogP contribution in [0.5, 0.6) is 0 Å². The molecule has 3 aromatic rings. The summed E-state index contributed by atoms with van der Waals surface area (Å²) in [6.07, 6.45) is 4.20. The van der Waals surface area contributed by atoms with E-state index in [0.717, 1.165) is 18.4 Å². The molecule has 0 aliphatic carbocycles. The van der Waals surface area contributed by atoms with Gasteiger partial charge in [-0.2, -0.15) is 0 Å². The van der Waals surface area contributed by atoms with Crippen molar-refractivity contribution in [2.75, 3.05) is 5.73 Å². The Morgan fingerprint density at radius 3 is 2.82 bits per heavy atom. The van der Waals surface area contributed by atoms with Crippen molar-refractivity contribution in [2.24, 2.45) is 0 Å². The van der Waals surface area contributed by atoms with Crippen LogP contribution >= 0.6 is 0 Å². The molecular formula is C16H15FN4O. The van der Waals surface area contributed by atoms with E-state index in [0.29, 0.717) is 5.65 Å². The third kappa shape index (κ3) is 2.03. The molecule has 1 aromatic carbocycles. The number of anilines is 1. The highest BCUT2D eigenvalue weighted by Crippen LogP contribution is 2.39. The molecule has 1 aliphatic rings. The fourth-order valence-electron chi connectivity index (χ4n) is 3.02. The van der Waals surface area contributed by atoms with Gasteiger partial charge in [0.1, 0.15) is 18.4 Å². The molecule has 0 amide bonds. The first-order chi connectivity index (χ1) is 10.7. The van der Waals surface area contributed by atoms with Crippen LogP contribution in [0.1, 0.15) is 30.7 Å². The van der Waals surface area contributed by atoms with Gasteiger partial charge in [0.25, 0.3) is 0 Å². The number of nitrogens with zero attached hydrogens (tertiary/aromatic N) is 3. The Balaban J connectivity index is 1.68. The Hall–Kier alpha value is -2.47. The monoisotopic (exact) mass is 298 g/mol. The second-order valence-electron chi connectivity index (χ2n) is 5.41. The van der Waals surface area contributed by atoms with Crippen LogP contribution in [0.4, 0.5) is 10.2 Å². The molecule has 22 heavy (non-hydrogen) atoms. The molecule has 6 heteroatoms. The lowest BCUT2D eigenvalue weighted by atomic mass is 10.1. The summed E-state index contributed by atoms with van der Waals surface area (Å²) in [5.74, 6) is -0.265. The summed E-state index contributed by atoms with van der Waals surface area (Å²) in [5.41, 5.74) is 7.35. The highest BCUT2D eigenvalue weighted by atomic mass is 19.1. The molecule has 0 saturated carbocycles. The quantitative estimate of drug-likeness (QED) is 0.789. The summed E-state index contributed by atoms with van der Waals surface area (Å²) < 4.78 is 21.9. The maximum atomic E-state index is 14.1. The second-order valence-corrected chi connectivity index (χ2v) is 5.41. The van der Waals surface area contributed by atoms with E-state index < -0.39 is 5.82 Å². The lowest BCUT2D eigenvalue weighted by Crippen LogP contribution is -2.08. The van der Waals surface area contributed by atoms with Crippen molar-refractivity contribution in [3.8, 4) is 0 Å². The van der Waals surface area contributed by atoms with Crippen molar-refractivity contribution in [3.63, 3.8) is 0 Å². The molecule has 3 heterocycles. The van der Waals surface area contributed by atoms with Crippen molar-refractivity contribution in [2.45, 2.75) is 25.2 Å². The minimum Gasteiger partial charge on any atom is -0.383 e. The molecule has 2 atom stereocenters. The lowest BCUT2D eigenvalue weighted by molar-refractivity contribution is 0.00321. The standard InChI is InChI=1S/C16H15FN4O/c17-11-8-21(16-14(11)15(18)19-9-20-16)13-7-6-12(22-13)10-4-2-1-3-5-10/h1-5,8-9,12-13H,6-7H2,(H2,18,19,20)/t12-,13-/m1/s1. The number of nitrogens with two attached hydrogens (primary N) is 1. The van der Waals surface area contributed by atoms with Crippen LogP contribution in [-0.4, -0.2) is 14.5 Å². The number of fused-ring (bicyclic) bond motifs is 1. The fraction of sp³-hybridized carbons (Fsp3) is 0.250. The fourth-order valence-corrected chi connectivity index (χ4v) is 3.02. The van der Waals surface area contributed by atoms with Gasteiger partial charge in [-0.15, -0.1) is 0 Å². The van der Waals surface area contributed by atoms with Crippen LogP contribution in [0, 0.1) is 5.82 Å². The van der Waals surface area contributed by atoms with Gasteiger partial charge < -0.3 is 15.0 Å². The number of rotatable bonds is 2. The third-order valence-electron chi connectivity index (χ3n) is 4.07. The number of halogens is 1. The van der Waals surface area contributed by atoms with Crippen LogP contribution in [0.25, 0.3) is 11.0 Å². The molecule has 5 nitrogen and oxygen atoms in total. The molecule has 2 N–H and O–H groups in total. The lowest BCUT2D eigenvalue weighted by Gasteiger charge is -2.16. The first-order valence-electron chi connectivity index (χ1n) is 7.21. The first kappa shape index (κ1) is 13.2. The van der Waals surface area contributed by atoms with Crippen LogP contribution in [0.2, 0.25) is 0 Å². The van der Waals surface area contributed by atoms with Gasteiger partial charge in [0, 0.05) is 6.20 Å². The average molecular weight is 298 g/mol. The van der Waals surface area contributed by atoms with Crippen molar-refractivity contribution >= 4 is 16.9 Å². The van der Waals surface area contributed by atoms with Crippen molar-refractivity contribution < 1.29 is 9.13 Å². The largest absolute Gasteiger partial charge is 0.383 e. The van der Waals surface area contributed by atoms with Crippen LogP contribution in [0.3, 0.4) is 0 Å². The molecular weight excluding hydrogens is 283 g/mol. The zero-order valence-corrected chi connectivity index (χ0v) is 11.8. The van der Waals surface area contributed by atoms with Crippen molar-refractivity contribution in [1.82, 2.24) is 14.5 Å². The molecule has 1 aliphatic heterocycles. The van der Waals surface area contributed by atoms with Crippen molar-refractivity contribution in [3.05, 3.63) is 54.2 Å². The van der Waals surface area contributed by atoms with Gasteiger partial charge in [-0.05, 0) is 18.4 Å². The molecule has 1 fully saturated rings. The molecule has 0 spiro atoms. The Labute approximate surface area is 126 Å². The maximum absolute atomic E-state index is 14.1. The number of ether oxygens (including phenoxy) is 1. The van der Waals surface area contributed by atoms with E-state index in [-0.39, 0.29) is 23.5 Å². The Kier molecular flexibility index (Phi) is 3.04. The normalized spacial score (nSPS) is 21.5. The molecule has 4 rings (SSSR count). The molecule has 1 saturated heterocycles. The summed E-state index contributed by atoms with van der Waals surface area (Å²) in [6, 6.07) is 10.0. The molecule has 0 bridgehead atoms. The third-order valence-corrected chi connectivity index (χ3v) is 4.07. The van der Waals surface area contributed by atoms with Crippen LogP contribution < -0.4 is 5.73 Å². The molecule has 0 radical (unpaired) electrons. The number of aromatic nitrogens is 3. The summed E-state index contributed by atoms with van der Waals surface area (Å²) in [7, 11) is 0. The van der Waals surface area contributed by atoms with E-state index in [2.05, 4.69) is 9.97 Å². The zero-order valence-electron chi connectivity index (χ0n) is 11.8. The minimum atomic E-state index is -0.417. The topological polar surface area (TPSA) is 66.0 Å². The highest BCUT2D eigenvalue weighted by molar-refractivity contribution is 5.86. The number of hydrogen-bond acceptors (Lipinski definition) is 4. The van der Waals surface area contributed by atoms with Gasteiger partial charge in [0.2, 0.25) is 0 Å². The Bertz CT molecular complexity index is 818. The van der Waals surface area contributed by atoms with Gasteiger partial charge in [-0.3, -0.25) is 0 Å². The van der Waals surface area contributed by atoms with Gasteiger partial charge in [-0.1, -0.05) is 30.3 Å². The summed E-state index contributed by atoms with van der Waals surface area (Å²) in [6.45, 7) is 0. The van der Waals surface area contributed by atoms with Gasteiger partial charge in [0.15, 0.2) is 11.5 Å². The SMILES string of the molecule is Nc1ncnc2c1c(F)cn2[C@H]1CC[C@H](c2ccccc2)O1. The van der Waals surface area contributed by atoms with Gasteiger partial charge in [0.05, 0.1) is 11.5 Å². The molecule has 112 valence electrons. The van der Waals surface area contributed by atoms with Crippen LogP contribution in [-0.2, 0) is 4.74 Å². The minimum absolute atomic E-state index is 0.0193. The van der Waals surface area contributed by atoms with E-state index in [9.17, 15) is 4.39 Å². The first-order valence-corrected chi connectivity index (χ1v) is 7.21. The van der Waals surface area contributed by atoms with Crippen LogP contribution in [0.15, 0.2) is 42.9 Å². The Morgan fingerprint density at radius 1 is 1.18 bits per heavy atom. The summed E-state index contributed by atoms with van der Waals surface area (Å²) in [4.78, 5) is 8.00. The van der Waals surface area contributed by atoms with E-state index in [1.807, 2.05) is 30.3 Å². The summed E-state index contributed by atoms with van der Waals surface area (Å²) >= 11 is 0. The predicted molar refractivity (Wildman–Crippen MR) is 80.4 cm³/mol. The molecule has 0 unspecified atom stereocenters. The summed E-state index contributed by atoms with van der Waals surface area (Å²) in [5, 5.41) is 0.259. The zero-order chi connectivity index (χ0) is 15.1. The second kappa shape index (κ2) is 5.06. The number of benzene rings is 1. The smallest absolute Gasteiger partial charge is 0.154 e. The van der Waals surface area contributed by atoms with E-state index >= 15 is 0 Å². The predicted octanol–water partition coefficient (Wildman–Crippen LogP) is 3.20. The van der Waals surface area contributed by atoms with Gasteiger partial charge >= 0.3 is 0 Å². The molecule has 2 aromatic heterocycles. The van der Waals surface area contributed by atoms with E-state index in [4.69, 9.17) is 10.5 Å². The van der Waals surface area contributed by atoms with E-state index in [1.54, 1.807) is 4.57 Å². The Morgan fingerprint density at radius 2 is 2.00 bits per heavy atom.